The minimum Gasteiger partial charge on any atom is -0.433 e. The topological polar surface area (TPSA) is 38.8 Å². The SMILES string of the molecule is CCCOC1CCCN(C(=O)OCCl)C1. The van der Waals surface area contributed by atoms with E-state index in [1.54, 1.807) is 4.90 Å². The van der Waals surface area contributed by atoms with Crippen molar-refractivity contribution in [3.05, 3.63) is 0 Å². The van der Waals surface area contributed by atoms with Crippen LogP contribution in [0, 0.1) is 0 Å². The molecular formula is C10H18ClNO3. The summed E-state index contributed by atoms with van der Waals surface area (Å²) >= 11 is 5.33. The number of carbonyl (C=O) groups is 1. The Morgan fingerprint density at radius 3 is 3.07 bits per heavy atom. The molecule has 1 rings (SSSR count). The number of rotatable bonds is 4. The summed E-state index contributed by atoms with van der Waals surface area (Å²) in [6.45, 7) is 4.18. The van der Waals surface area contributed by atoms with Crippen LogP contribution in [0.1, 0.15) is 26.2 Å². The van der Waals surface area contributed by atoms with Gasteiger partial charge in [0.2, 0.25) is 0 Å². The normalized spacial score (nSPS) is 21.5. The first-order chi connectivity index (χ1) is 7.27. The van der Waals surface area contributed by atoms with Crippen molar-refractivity contribution in [3.63, 3.8) is 0 Å². The number of amides is 1. The number of likely N-dealkylation sites (tertiary alicyclic amines) is 1. The Bertz CT molecular complexity index is 201. The molecule has 1 heterocycles. The quantitative estimate of drug-likeness (QED) is 0.702. The van der Waals surface area contributed by atoms with Crippen molar-refractivity contribution in [2.24, 2.45) is 0 Å². The Morgan fingerprint density at radius 2 is 2.40 bits per heavy atom. The molecule has 88 valence electrons. The summed E-state index contributed by atoms with van der Waals surface area (Å²) in [5, 5.41) is 0. The van der Waals surface area contributed by atoms with Crippen LogP contribution < -0.4 is 0 Å². The molecule has 0 bridgehead atoms. The number of carbonyl (C=O) groups excluding carboxylic acids is 1. The van der Waals surface area contributed by atoms with E-state index >= 15 is 0 Å². The van der Waals surface area contributed by atoms with Crippen LogP contribution in [0.2, 0.25) is 0 Å². The number of halogens is 1. The highest BCUT2D eigenvalue weighted by molar-refractivity contribution is 6.17. The molecule has 15 heavy (non-hydrogen) atoms. The number of hydrogen-bond donors (Lipinski definition) is 0. The molecule has 0 aromatic carbocycles. The number of alkyl halides is 1. The molecule has 0 aliphatic carbocycles. The molecule has 1 unspecified atom stereocenters. The monoisotopic (exact) mass is 235 g/mol. The fraction of sp³-hybridized carbons (Fsp3) is 0.900. The first-order valence-electron chi connectivity index (χ1n) is 5.37. The van der Waals surface area contributed by atoms with Crippen LogP contribution in [0.15, 0.2) is 0 Å². The highest BCUT2D eigenvalue weighted by atomic mass is 35.5. The molecule has 1 aliphatic rings. The largest absolute Gasteiger partial charge is 0.433 e. The van der Waals surface area contributed by atoms with E-state index in [0.29, 0.717) is 6.54 Å². The molecule has 0 aromatic rings. The lowest BCUT2D eigenvalue weighted by molar-refractivity contribution is 0.000198. The fourth-order valence-electron chi connectivity index (χ4n) is 1.66. The van der Waals surface area contributed by atoms with E-state index in [0.717, 1.165) is 32.4 Å². The molecule has 5 heteroatoms. The minimum absolute atomic E-state index is 0.0875. The zero-order valence-corrected chi connectivity index (χ0v) is 9.83. The summed E-state index contributed by atoms with van der Waals surface area (Å²) in [6, 6.07) is -0.0875. The van der Waals surface area contributed by atoms with E-state index in [-0.39, 0.29) is 18.3 Å². The number of nitrogens with zero attached hydrogens (tertiary/aromatic N) is 1. The van der Waals surface area contributed by atoms with E-state index in [4.69, 9.17) is 21.1 Å². The average Bonchev–Trinajstić information content (AvgIpc) is 2.27. The van der Waals surface area contributed by atoms with E-state index in [2.05, 4.69) is 6.92 Å². The molecule has 0 aromatic heterocycles. The summed E-state index contributed by atoms with van der Waals surface area (Å²) in [5.74, 6) is 0. The van der Waals surface area contributed by atoms with Crippen LogP contribution in [0.25, 0.3) is 0 Å². The van der Waals surface area contributed by atoms with Gasteiger partial charge in [0.25, 0.3) is 0 Å². The third kappa shape index (κ3) is 4.26. The summed E-state index contributed by atoms with van der Waals surface area (Å²) in [5.41, 5.74) is 0. The fourth-order valence-corrected chi connectivity index (χ4v) is 1.76. The van der Waals surface area contributed by atoms with E-state index < -0.39 is 0 Å². The van der Waals surface area contributed by atoms with Crippen molar-refractivity contribution in [2.45, 2.75) is 32.3 Å². The Labute approximate surface area is 95.5 Å². The Morgan fingerprint density at radius 1 is 1.60 bits per heavy atom. The van der Waals surface area contributed by atoms with E-state index in [1.165, 1.54) is 0 Å². The lowest BCUT2D eigenvalue weighted by Gasteiger charge is -2.31. The predicted molar refractivity (Wildman–Crippen MR) is 58.0 cm³/mol. The van der Waals surface area contributed by atoms with Crippen LogP contribution in [0.4, 0.5) is 4.79 Å². The highest BCUT2D eigenvalue weighted by Gasteiger charge is 2.24. The van der Waals surface area contributed by atoms with Gasteiger partial charge >= 0.3 is 6.09 Å². The highest BCUT2D eigenvalue weighted by Crippen LogP contribution is 2.14. The van der Waals surface area contributed by atoms with Gasteiger partial charge in [0.05, 0.1) is 12.6 Å². The maximum Gasteiger partial charge on any atom is 0.411 e. The zero-order chi connectivity index (χ0) is 11.1. The van der Waals surface area contributed by atoms with Crippen molar-refractivity contribution >= 4 is 17.7 Å². The van der Waals surface area contributed by atoms with Crippen molar-refractivity contribution < 1.29 is 14.3 Å². The van der Waals surface area contributed by atoms with Gasteiger partial charge in [0, 0.05) is 13.2 Å². The Hall–Kier alpha value is -0.480. The van der Waals surface area contributed by atoms with Crippen molar-refractivity contribution in [1.82, 2.24) is 4.90 Å². The molecule has 1 saturated heterocycles. The van der Waals surface area contributed by atoms with Gasteiger partial charge in [-0.2, -0.15) is 0 Å². The van der Waals surface area contributed by atoms with Gasteiger partial charge < -0.3 is 14.4 Å². The molecule has 1 amide bonds. The molecule has 0 saturated carbocycles. The number of hydrogen-bond acceptors (Lipinski definition) is 3. The second-order valence-electron chi connectivity index (χ2n) is 3.60. The van der Waals surface area contributed by atoms with E-state index in [9.17, 15) is 4.79 Å². The maximum atomic E-state index is 11.4. The predicted octanol–water partition coefficient (Wildman–Crippen LogP) is 2.21. The maximum absolute atomic E-state index is 11.4. The van der Waals surface area contributed by atoms with Crippen molar-refractivity contribution in [3.8, 4) is 0 Å². The van der Waals surface area contributed by atoms with Crippen molar-refractivity contribution in [2.75, 3.05) is 25.8 Å². The van der Waals surface area contributed by atoms with Gasteiger partial charge in [-0.05, 0) is 19.3 Å². The molecule has 1 fully saturated rings. The van der Waals surface area contributed by atoms with Gasteiger partial charge in [-0.1, -0.05) is 18.5 Å². The number of ether oxygens (including phenoxy) is 2. The molecule has 4 nitrogen and oxygen atoms in total. The third-order valence-electron chi connectivity index (χ3n) is 2.37. The second kappa shape index (κ2) is 6.90. The van der Waals surface area contributed by atoms with Gasteiger partial charge in [-0.15, -0.1) is 0 Å². The number of piperidine rings is 1. The molecule has 0 N–H and O–H groups in total. The average molecular weight is 236 g/mol. The molecule has 0 spiro atoms. The standard InChI is InChI=1S/C10H18ClNO3/c1-2-6-14-9-4-3-5-12(7-9)10(13)15-8-11/h9H,2-8H2,1H3. The van der Waals surface area contributed by atoms with E-state index in [1.807, 2.05) is 0 Å². The molecular weight excluding hydrogens is 218 g/mol. The Kier molecular flexibility index (Phi) is 5.79. The summed E-state index contributed by atoms with van der Waals surface area (Å²) in [7, 11) is 0. The summed E-state index contributed by atoms with van der Waals surface area (Å²) < 4.78 is 10.3. The first-order valence-corrected chi connectivity index (χ1v) is 5.90. The smallest absolute Gasteiger partial charge is 0.411 e. The molecule has 0 radical (unpaired) electrons. The zero-order valence-electron chi connectivity index (χ0n) is 9.08. The van der Waals surface area contributed by atoms with Gasteiger partial charge in [0.1, 0.15) is 0 Å². The minimum atomic E-state index is -0.338. The van der Waals surface area contributed by atoms with Crippen molar-refractivity contribution in [1.29, 1.82) is 0 Å². The van der Waals surface area contributed by atoms with Gasteiger partial charge in [-0.25, -0.2) is 4.79 Å². The van der Waals surface area contributed by atoms with Crippen LogP contribution in [-0.4, -0.2) is 42.9 Å². The molecule has 1 atom stereocenters. The lowest BCUT2D eigenvalue weighted by Crippen LogP contribution is -2.43. The van der Waals surface area contributed by atoms with Crippen LogP contribution in [-0.2, 0) is 9.47 Å². The summed E-state index contributed by atoms with van der Waals surface area (Å²) in [4.78, 5) is 13.0. The second-order valence-corrected chi connectivity index (χ2v) is 3.82. The van der Waals surface area contributed by atoms with Crippen LogP contribution in [0.3, 0.4) is 0 Å². The first kappa shape index (κ1) is 12.6. The van der Waals surface area contributed by atoms with Gasteiger partial charge in [0.15, 0.2) is 6.07 Å². The van der Waals surface area contributed by atoms with Gasteiger partial charge in [-0.3, -0.25) is 0 Å². The van der Waals surface area contributed by atoms with Crippen LogP contribution >= 0.6 is 11.6 Å². The molecule has 1 aliphatic heterocycles. The van der Waals surface area contributed by atoms with Crippen LogP contribution in [0.5, 0.6) is 0 Å². The summed E-state index contributed by atoms with van der Waals surface area (Å²) in [6.07, 6.45) is 2.80. The third-order valence-corrected chi connectivity index (χ3v) is 2.48. The Balaban J connectivity index is 2.31. The lowest BCUT2D eigenvalue weighted by atomic mass is 10.1.